The van der Waals surface area contributed by atoms with Gasteiger partial charge in [-0.05, 0) is 12.1 Å². The number of aliphatic carboxylic acids is 1. The lowest BCUT2D eigenvalue weighted by atomic mass is 10.3. The number of urea groups is 1. The molecule has 0 aromatic heterocycles. The fourth-order valence-corrected chi connectivity index (χ4v) is 0.664. The molecule has 0 spiro atoms. The van der Waals surface area contributed by atoms with E-state index in [1.54, 1.807) is 19.1 Å². The van der Waals surface area contributed by atoms with Crippen LogP contribution in [0.5, 0.6) is 0 Å². The van der Waals surface area contributed by atoms with Crippen LogP contribution in [0.25, 0.3) is 0 Å². The predicted molar refractivity (Wildman–Crippen MR) is 57.6 cm³/mol. The summed E-state index contributed by atoms with van der Waals surface area (Å²) in [5.41, 5.74) is 5.59. The van der Waals surface area contributed by atoms with Crippen LogP contribution in [0, 0.1) is 0 Å². The van der Waals surface area contributed by atoms with Crippen LogP contribution in [-0.2, 0) is 4.79 Å². The molecule has 0 unspecified atom stereocenters. The zero-order chi connectivity index (χ0) is 11.7. The van der Waals surface area contributed by atoms with Gasteiger partial charge >= 0.3 is 12.0 Å². The molecule has 0 saturated carbocycles. The second kappa shape index (κ2) is 7.37. The molecule has 0 saturated heterocycles. The van der Waals surface area contributed by atoms with E-state index >= 15 is 0 Å². The second-order valence-corrected chi connectivity index (χ2v) is 2.60. The first-order valence-electron chi connectivity index (χ1n) is 4.39. The molecule has 2 amide bonds. The lowest BCUT2D eigenvalue weighted by Gasteiger charge is -1.97. The number of carbonyl (C=O) groups excluding carboxylic acids is 1. The van der Waals surface area contributed by atoms with Gasteiger partial charge in [0.05, 0.1) is 0 Å². The molecule has 1 aromatic carbocycles. The molecule has 1 aromatic rings. The summed E-state index contributed by atoms with van der Waals surface area (Å²) in [5.74, 6) is -0.745. The summed E-state index contributed by atoms with van der Waals surface area (Å²) >= 11 is 0. The Morgan fingerprint density at radius 2 is 1.80 bits per heavy atom. The second-order valence-electron chi connectivity index (χ2n) is 2.60. The number of carbonyl (C=O) groups is 2. The third-order valence-electron chi connectivity index (χ3n) is 1.34. The average molecular weight is 210 g/mol. The minimum atomic E-state index is -0.745. The third kappa shape index (κ3) is 8.29. The maximum Gasteiger partial charge on any atom is 0.316 e. The number of carboxylic acid groups (broad SMARTS) is 1. The molecule has 4 N–H and O–H groups in total. The van der Waals surface area contributed by atoms with Crippen molar-refractivity contribution in [2.24, 2.45) is 5.73 Å². The van der Waals surface area contributed by atoms with Crippen molar-refractivity contribution in [3.63, 3.8) is 0 Å². The summed E-state index contributed by atoms with van der Waals surface area (Å²) in [6.45, 7) is 1.60. The molecule has 1 rings (SSSR count). The molecule has 0 aliphatic rings. The van der Waals surface area contributed by atoms with Crippen LogP contribution in [0.4, 0.5) is 10.5 Å². The van der Waals surface area contributed by atoms with Gasteiger partial charge in [-0.25, -0.2) is 4.79 Å². The molecule has 0 radical (unpaired) electrons. The SMILES string of the molecule is CCC(=O)O.NC(=O)Nc1ccccc1. The number of nitrogens with one attached hydrogen (secondary N) is 1. The Morgan fingerprint density at radius 3 is 2.13 bits per heavy atom. The molecule has 5 heteroatoms. The number of para-hydroxylation sites is 1. The van der Waals surface area contributed by atoms with Gasteiger partial charge < -0.3 is 16.2 Å². The van der Waals surface area contributed by atoms with Crippen LogP contribution in [0.15, 0.2) is 30.3 Å². The van der Waals surface area contributed by atoms with E-state index in [9.17, 15) is 9.59 Å². The maximum atomic E-state index is 10.3. The van der Waals surface area contributed by atoms with Crippen molar-refractivity contribution in [1.82, 2.24) is 0 Å². The number of benzene rings is 1. The summed E-state index contributed by atoms with van der Waals surface area (Å²) in [7, 11) is 0. The van der Waals surface area contributed by atoms with Crippen molar-refractivity contribution < 1.29 is 14.7 Å². The molecule has 0 fully saturated rings. The monoisotopic (exact) mass is 210 g/mol. The molecule has 0 aliphatic heterocycles. The zero-order valence-corrected chi connectivity index (χ0v) is 8.43. The first kappa shape index (κ1) is 13.0. The highest BCUT2D eigenvalue weighted by atomic mass is 16.4. The Balaban J connectivity index is 0.000000336. The summed E-state index contributed by atoms with van der Waals surface area (Å²) in [6.07, 6.45) is 0.222. The molecule has 5 nitrogen and oxygen atoms in total. The largest absolute Gasteiger partial charge is 0.481 e. The number of hydrogen-bond donors (Lipinski definition) is 3. The quantitative estimate of drug-likeness (QED) is 0.693. The lowest BCUT2D eigenvalue weighted by Crippen LogP contribution is -2.18. The van der Waals surface area contributed by atoms with Gasteiger partial charge in [0.15, 0.2) is 0 Å². The first-order chi connectivity index (χ1) is 7.06. The van der Waals surface area contributed by atoms with Crippen molar-refractivity contribution in [2.45, 2.75) is 13.3 Å². The van der Waals surface area contributed by atoms with Gasteiger partial charge in [-0.1, -0.05) is 25.1 Å². The molecular formula is C10H14N2O3. The number of anilines is 1. The van der Waals surface area contributed by atoms with E-state index in [4.69, 9.17) is 10.8 Å². The van der Waals surface area contributed by atoms with Gasteiger partial charge in [0, 0.05) is 12.1 Å². The lowest BCUT2D eigenvalue weighted by molar-refractivity contribution is -0.136. The van der Waals surface area contributed by atoms with Gasteiger partial charge in [0.25, 0.3) is 0 Å². The van der Waals surface area contributed by atoms with Gasteiger partial charge in [-0.3, -0.25) is 4.79 Å². The maximum absolute atomic E-state index is 10.3. The Labute approximate surface area is 87.9 Å². The van der Waals surface area contributed by atoms with Gasteiger partial charge in [0.2, 0.25) is 0 Å². The average Bonchev–Trinajstić information content (AvgIpc) is 2.19. The van der Waals surface area contributed by atoms with Gasteiger partial charge in [-0.2, -0.15) is 0 Å². The Hall–Kier alpha value is -2.04. The Kier molecular flexibility index (Phi) is 6.37. The van der Waals surface area contributed by atoms with Crippen LogP contribution in [0.2, 0.25) is 0 Å². The Morgan fingerprint density at radius 1 is 1.33 bits per heavy atom. The van der Waals surface area contributed by atoms with Gasteiger partial charge in [-0.15, -0.1) is 0 Å². The standard InChI is InChI=1S/C7H8N2O.C3H6O2/c8-7(10)9-6-4-2-1-3-5-6;1-2-3(4)5/h1-5H,(H3,8,9,10);2H2,1H3,(H,4,5). The van der Waals surface area contributed by atoms with Crippen molar-refractivity contribution in [3.05, 3.63) is 30.3 Å². The van der Waals surface area contributed by atoms with Crippen molar-refractivity contribution in [2.75, 3.05) is 5.32 Å². The van der Waals surface area contributed by atoms with Crippen molar-refractivity contribution in [1.29, 1.82) is 0 Å². The van der Waals surface area contributed by atoms with E-state index in [2.05, 4.69) is 5.32 Å². The highest BCUT2D eigenvalue weighted by Gasteiger charge is 1.90. The van der Waals surface area contributed by atoms with Crippen LogP contribution in [0.1, 0.15) is 13.3 Å². The molecule has 82 valence electrons. The highest BCUT2D eigenvalue weighted by molar-refractivity contribution is 5.87. The summed E-state index contributed by atoms with van der Waals surface area (Å²) in [4.78, 5) is 19.6. The topological polar surface area (TPSA) is 92.4 Å². The van der Waals surface area contributed by atoms with Crippen LogP contribution in [0.3, 0.4) is 0 Å². The predicted octanol–water partition coefficient (Wildman–Crippen LogP) is 1.66. The minimum Gasteiger partial charge on any atom is -0.481 e. The third-order valence-corrected chi connectivity index (χ3v) is 1.34. The van der Waals surface area contributed by atoms with Crippen LogP contribution >= 0.6 is 0 Å². The van der Waals surface area contributed by atoms with E-state index in [0.29, 0.717) is 0 Å². The van der Waals surface area contributed by atoms with Crippen LogP contribution < -0.4 is 11.1 Å². The number of primary amides is 1. The summed E-state index contributed by atoms with van der Waals surface area (Å²) < 4.78 is 0. The van der Waals surface area contributed by atoms with Crippen molar-refractivity contribution in [3.8, 4) is 0 Å². The molecule has 0 atom stereocenters. The minimum absolute atomic E-state index is 0.222. The fourth-order valence-electron chi connectivity index (χ4n) is 0.664. The first-order valence-corrected chi connectivity index (χ1v) is 4.39. The molecule has 0 bridgehead atoms. The van der Waals surface area contributed by atoms with E-state index in [1.807, 2.05) is 18.2 Å². The number of nitrogens with two attached hydrogens (primary N) is 1. The molecule has 0 aliphatic carbocycles. The highest BCUT2D eigenvalue weighted by Crippen LogP contribution is 2.03. The Bertz CT molecular complexity index is 312. The summed E-state index contributed by atoms with van der Waals surface area (Å²) in [5, 5.41) is 10.2. The smallest absolute Gasteiger partial charge is 0.316 e. The summed E-state index contributed by atoms with van der Waals surface area (Å²) in [6, 6.07) is 8.52. The van der Waals surface area contributed by atoms with Crippen LogP contribution in [-0.4, -0.2) is 17.1 Å². The fraction of sp³-hybridized carbons (Fsp3) is 0.200. The van der Waals surface area contributed by atoms with E-state index in [0.717, 1.165) is 5.69 Å². The van der Waals surface area contributed by atoms with Crippen molar-refractivity contribution >= 4 is 17.7 Å². The number of carboxylic acids is 1. The normalized spacial score (nSPS) is 8.33. The number of hydrogen-bond acceptors (Lipinski definition) is 2. The molecule has 15 heavy (non-hydrogen) atoms. The van der Waals surface area contributed by atoms with Gasteiger partial charge in [0.1, 0.15) is 0 Å². The van der Waals surface area contributed by atoms with E-state index in [1.165, 1.54) is 0 Å². The number of rotatable bonds is 2. The molecule has 0 heterocycles. The van der Waals surface area contributed by atoms with E-state index in [-0.39, 0.29) is 6.42 Å². The molecular weight excluding hydrogens is 196 g/mol. The van der Waals surface area contributed by atoms with E-state index < -0.39 is 12.0 Å². The number of amides is 2. The zero-order valence-electron chi connectivity index (χ0n) is 8.43.